The summed E-state index contributed by atoms with van der Waals surface area (Å²) >= 11 is 2.02. The highest BCUT2D eigenvalue weighted by Crippen LogP contribution is 2.15. The van der Waals surface area contributed by atoms with Gasteiger partial charge in [0.2, 0.25) is 10.0 Å². The van der Waals surface area contributed by atoms with Crippen LogP contribution in [-0.2, 0) is 14.2 Å². The lowest BCUT2D eigenvalue weighted by Crippen LogP contribution is -2.24. The molecule has 10 nitrogen and oxygen atoms in total. The molecule has 2 rings (SSSR count). The maximum atomic E-state index is 11.6. The van der Waals surface area contributed by atoms with E-state index in [4.69, 9.17) is 14.6 Å². The van der Waals surface area contributed by atoms with Crippen molar-refractivity contribution in [2.75, 3.05) is 13.2 Å². The molecule has 0 aliphatic carbocycles. The second kappa shape index (κ2) is 11.4. The minimum Gasteiger partial charge on any atom is -0.476 e. The number of carbonyl (C=O) groups excluding carboxylic acids is 3. The van der Waals surface area contributed by atoms with Gasteiger partial charge in [0.25, 0.3) is 0 Å². The Balaban J connectivity index is 0.000000311. The van der Waals surface area contributed by atoms with Crippen LogP contribution in [-0.4, -0.2) is 57.8 Å². The van der Waals surface area contributed by atoms with Crippen molar-refractivity contribution in [3.05, 3.63) is 32.2 Å². The SMILES string of the molecule is CCOC(=O)c1nc(C(=O)O)cs1.CCOC(=O)c1nc(C(=O)OC(C)(C)C)cs1. The largest absolute Gasteiger partial charge is 0.476 e. The van der Waals surface area contributed by atoms with Crippen LogP contribution in [0.5, 0.6) is 0 Å². The molecule has 2 aromatic rings. The lowest BCUT2D eigenvalue weighted by Gasteiger charge is -2.18. The van der Waals surface area contributed by atoms with Gasteiger partial charge in [0.1, 0.15) is 5.60 Å². The van der Waals surface area contributed by atoms with Gasteiger partial charge < -0.3 is 19.3 Å². The molecule has 0 atom stereocenters. The van der Waals surface area contributed by atoms with E-state index < -0.39 is 29.5 Å². The van der Waals surface area contributed by atoms with Crippen molar-refractivity contribution in [3.63, 3.8) is 0 Å². The van der Waals surface area contributed by atoms with Gasteiger partial charge in [-0.2, -0.15) is 0 Å². The summed E-state index contributed by atoms with van der Waals surface area (Å²) in [6, 6.07) is 0. The summed E-state index contributed by atoms with van der Waals surface area (Å²) in [4.78, 5) is 51.8. The number of carboxylic acids is 1. The molecular formula is C18H22N2O8S2. The fourth-order valence-corrected chi connectivity index (χ4v) is 3.00. The van der Waals surface area contributed by atoms with Crippen molar-refractivity contribution < 1.29 is 38.5 Å². The molecule has 12 heteroatoms. The van der Waals surface area contributed by atoms with E-state index in [2.05, 4.69) is 14.7 Å². The Bertz CT molecular complexity index is 898. The first kappa shape index (κ1) is 25.2. The summed E-state index contributed by atoms with van der Waals surface area (Å²) in [5.41, 5.74) is -0.578. The lowest BCUT2D eigenvalue weighted by atomic mass is 10.2. The van der Waals surface area contributed by atoms with Gasteiger partial charge in [-0.1, -0.05) is 0 Å². The van der Waals surface area contributed by atoms with Gasteiger partial charge in [-0.05, 0) is 34.6 Å². The van der Waals surface area contributed by atoms with E-state index in [9.17, 15) is 19.2 Å². The predicted octanol–water partition coefficient (Wildman–Crippen LogP) is 3.29. The second-order valence-electron chi connectivity index (χ2n) is 6.32. The van der Waals surface area contributed by atoms with E-state index in [0.717, 1.165) is 22.7 Å². The maximum absolute atomic E-state index is 11.6. The molecule has 2 aromatic heterocycles. The van der Waals surface area contributed by atoms with E-state index in [-0.39, 0.29) is 34.6 Å². The zero-order chi connectivity index (χ0) is 22.9. The molecule has 0 aliphatic rings. The lowest BCUT2D eigenvalue weighted by molar-refractivity contribution is 0.00632. The summed E-state index contributed by atoms with van der Waals surface area (Å²) in [5, 5.41) is 11.5. The van der Waals surface area contributed by atoms with Crippen molar-refractivity contribution in [2.24, 2.45) is 0 Å². The number of aromatic carboxylic acids is 1. The molecule has 0 amide bonds. The summed E-state index contributed by atoms with van der Waals surface area (Å²) in [6.07, 6.45) is 0. The summed E-state index contributed by atoms with van der Waals surface area (Å²) in [5.74, 6) is -2.79. The third-order valence-electron chi connectivity index (χ3n) is 2.74. The fraction of sp³-hybridized carbons (Fsp3) is 0.444. The Morgan fingerprint density at radius 1 is 0.867 bits per heavy atom. The van der Waals surface area contributed by atoms with Crippen molar-refractivity contribution >= 4 is 46.6 Å². The molecule has 2 heterocycles. The van der Waals surface area contributed by atoms with E-state index in [0.29, 0.717) is 0 Å². The van der Waals surface area contributed by atoms with Crippen LogP contribution in [0, 0.1) is 0 Å². The first-order valence-electron chi connectivity index (χ1n) is 8.70. The van der Waals surface area contributed by atoms with Gasteiger partial charge in [-0.25, -0.2) is 29.1 Å². The molecule has 0 fully saturated rings. The van der Waals surface area contributed by atoms with E-state index in [1.165, 1.54) is 10.8 Å². The first-order chi connectivity index (χ1) is 14.0. The van der Waals surface area contributed by atoms with Crippen molar-refractivity contribution in [1.29, 1.82) is 0 Å². The highest BCUT2D eigenvalue weighted by atomic mass is 32.1. The van der Waals surface area contributed by atoms with Crippen LogP contribution in [0.25, 0.3) is 0 Å². The molecule has 0 radical (unpaired) electrons. The number of rotatable bonds is 6. The van der Waals surface area contributed by atoms with Crippen molar-refractivity contribution in [1.82, 2.24) is 9.97 Å². The summed E-state index contributed by atoms with van der Waals surface area (Å²) in [6.45, 7) is 9.21. The van der Waals surface area contributed by atoms with Crippen LogP contribution in [0.2, 0.25) is 0 Å². The Hall–Kier alpha value is -2.86. The maximum Gasteiger partial charge on any atom is 0.367 e. The zero-order valence-corrected chi connectivity index (χ0v) is 18.7. The number of aromatic nitrogens is 2. The highest BCUT2D eigenvalue weighted by Gasteiger charge is 2.22. The molecule has 0 bridgehead atoms. The van der Waals surface area contributed by atoms with Gasteiger partial charge in [0.15, 0.2) is 11.4 Å². The van der Waals surface area contributed by atoms with Gasteiger partial charge in [-0.15, -0.1) is 22.7 Å². The zero-order valence-electron chi connectivity index (χ0n) is 17.1. The Labute approximate surface area is 180 Å². The molecule has 164 valence electrons. The van der Waals surface area contributed by atoms with Crippen LogP contribution in [0.4, 0.5) is 0 Å². The fourth-order valence-electron chi connectivity index (χ4n) is 1.64. The number of carboxylic acid groups (broad SMARTS) is 1. The van der Waals surface area contributed by atoms with Crippen LogP contribution in [0.3, 0.4) is 0 Å². The van der Waals surface area contributed by atoms with Crippen molar-refractivity contribution in [2.45, 2.75) is 40.2 Å². The number of carbonyl (C=O) groups is 4. The third-order valence-corrected chi connectivity index (χ3v) is 4.38. The number of hydrogen-bond donors (Lipinski definition) is 1. The summed E-state index contributed by atoms with van der Waals surface area (Å²) < 4.78 is 14.5. The molecular weight excluding hydrogens is 436 g/mol. The Morgan fingerprint density at radius 2 is 1.30 bits per heavy atom. The topological polar surface area (TPSA) is 142 Å². The number of ether oxygens (including phenoxy) is 3. The minimum absolute atomic E-state index is 0.0688. The second-order valence-corrected chi connectivity index (χ2v) is 8.04. The van der Waals surface area contributed by atoms with Crippen LogP contribution in [0.1, 0.15) is 75.2 Å². The minimum atomic E-state index is -1.15. The monoisotopic (exact) mass is 458 g/mol. The number of thiazole rings is 2. The summed E-state index contributed by atoms with van der Waals surface area (Å²) in [7, 11) is 0. The average molecular weight is 459 g/mol. The first-order valence-corrected chi connectivity index (χ1v) is 10.5. The number of hydrogen-bond acceptors (Lipinski definition) is 11. The highest BCUT2D eigenvalue weighted by molar-refractivity contribution is 7.12. The smallest absolute Gasteiger partial charge is 0.367 e. The molecule has 0 aromatic carbocycles. The molecule has 0 spiro atoms. The van der Waals surface area contributed by atoms with Crippen LogP contribution < -0.4 is 0 Å². The predicted molar refractivity (Wildman–Crippen MR) is 108 cm³/mol. The third kappa shape index (κ3) is 8.25. The molecule has 0 unspecified atom stereocenters. The molecule has 30 heavy (non-hydrogen) atoms. The van der Waals surface area contributed by atoms with E-state index in [1.54, 1.807) is 34.6 Å². The van der Waals surface area contributed by atoms with Crippen molar-refractivity contribution in [3.8, 4) is 0 Å². The van der Waals surface area contributed by atoms with Gasteiger partial charge in [0.05, 0.1) is 13.2 Å². The van der Waals surface area contributed by atoms with E-state index in [1.807, 2.05) is 0 Å². The molecule has 0 saturated carbocycles. The standard InChI is InChI=1S/C11H15NO4S.C7H7NO4S/c1-5-15-10(14)8-12-7(6-17-8)9(13)16-11(2,3)4;1-2-12-7(11)5-8-4(3-13-5)6(9)10/h6H,5H2,1-4H3;3H,2H2,1H3,(H,9,10). The Kier molecular flexibility index (Phi) is 9.53. The molecule has 0 saturated heterocycles. The van der Waals surface area contributed by atoms with Gasteiger partial charge in [0, 0.05) is 10.8 Å². The van der Waals surface area contributed by atoms with Crippen LogP contribution in [0.15, 0.2) is 10.8 Å². The number of nitrogens with zero attached hydrogens (tertiary/aromatic N) is 2. The number of esters is 3. The van der Waals surface area contributed by atoms with E-state index >= 15 is 0 Å². The van der Waals surface area contributed by atoms with Crippen LogP contribution >= 0.6 is 22.7 Å². The normalized spacial score (nSPS) is 10.4. The molecule has 0 aliphatic heterocycles. The van der Waals surface area contributed by atoms with Gasteiger partial charge >= 0.3 is 23.9 Å². The quantitative estimate of drug-likeness (QED) is 0.506. The van der Waals surface area contributed by atoms with Gasteiger partial charge in [-0.3, -0.25) is 0 Å². The molecule has 1 N–H and O–H groups in total. The Morgan fingerprint density at radius 3 is 1.67 bits per heavy atom. The average Bonchev–Trinajstić information content (AvgIpc) is 3.31.